The van der Waals surface area contributed by atoms with Crippen LogP contribution in [0.1, 0.15) is 50.2 Å². The molecule has 0 saturated carbocycles. The van der Waals surface area contributed by atoms with Gasteiger partial charge in [-0.05, 0) is 55.4 Å². The van der Waals surface area contributed by atoms with Gasteiger partial charge in [-0.15, -0.1) is 0 Å². The molecule has 2 amide bonds. The van der Waals surface area contributed by atoms with Crippen LogP contribution in [0.2, 0.25) is 0 Å². The van der Waals surface area contributed by atoms with Crippen LogP contribution in [0, 0.1) is 6.92 Å². The number of nitrogens with zero attached hydrogens (tertiary/aromatic N) is 4. The van der Waals surface area contributed by atoms with Crippen LogP contribution in [0.5, 0.6) is 5.75 Å². The Morgan fingerprint density at radius 1 is 0.915 bits per heavy atom. The molecule has 0 unspecified atom stereocenters. The number of piperidine rings is 1. The minimum absolute atomic E-state index is 0.0661. The number of hydrogen-bond donors (Lipinski definition) is 1. The lowest BCUT2D eigenvalue weighted by Gasteiger charge is -2.33. The zero-order valence-electron chi connectivity index (χ0n) is 26.5. The molecule has 11 heteroatoms. The van der Waals surface area contributed by atoms with Gasteiger partial charge in [0, 0.05) is 87.6 Å². The van der Waals surface area contributed by atoms with Crippen molar-refractivity contribution < 1.29 is 27.5 Å². The highest BCUT2D eigenvalue weighted by molar-refractivity contribution is 6.04. The Hall–Kier alpha value is -4.48. The highest BCUT2D eigenvalue weighted by Gasteiger charge is 2.35. The molecule has 1 aromatic heterocycles. The first-order valence-electron chi connectivity index (χ1n) is 15.9. The molecule has 2 aliphatic heterocycles. The molecule has 8 nitrogen and oxygen atoms in total. The number of fused-ring (bicyclic) bond motifs is 1. The Bertz CT molecular complexity index is 1760. The van der Waals surface area contributed by atoms with E-state index in [1.54, 1.807) is 29.3 Å². The van der Waals surface area contributed by atoms with E-state index in [-0.39, 0.29) is 29.7 Å². The van der Waals surface area contributed by atoms with Crippen LogP contribution in [0.25, 0.3) is 10.9 Å². The fourth-order valence-electron chi connectivity index (χ4n) is 6.10. The molecular formula is C36H38F3N5O3. The number of likely N-dealkylation sites (tertiary alicyclic amines) is 1. The van der Waals surface area contributed by atoms with Crippen molar-refractivity contribution in [3.05, 3.63) is 101 Å². The maximum absolute atomic E-state index is 14.1. The predicted molar refractivity (Wildman–Crippen MR) is 175 cm³/mol. The number of rotatable bonds is 7. The van der Waals surface area contributed by atoms with Crippen molar-refractivity contribution in [2.45, 2.75) is 38.6 Å². The predicted octanol–water partition coefficient (Wildman–Crippen LogP) is 6.25. The Morgan fingerprint density at radius 2 is 1.66 bits per heavy atom. The lowest BCUT2D eigenvalue weighted by Crippen LogP contribution is -2.44. The Morgan fingerprint density at radius 3 is 2.40 bits per heavy atom. The number of carbonyl (C=O) groups excluding carboxylic acids is 2. The minimum atomic E-state index is -4.59. The van der Waals surface area contributed by atoms with Crippen molar-refractivity contribution in [3.8, 4) is 5.75 Å². The van der Waals surface area contributed by atoms with Gasteiger partial charge in [0.15, 0.2) is 0 Å². The van der Waals surface area contributed by atoms with Crippen LogP contribution in [0.4, 0.5) is 18.9 Å². The number of ether oxygens (including phenoxy) is 1. The summed E-state index contributed by atoms with van der Waals surface area (Å²) in [5.41, 5.74) is 1.96. The molecule has 0 atom stereocenters. The number of piperazine rings is 1. The number of anilines is 1. The van der Waals surface area contributed by atoms with Gasteiger partial charge in [-0.3, -0.25) is 19.5 Å². The molecule has 2 fully saturated rings. The van der Waals surface area contributed by atoms with Gasteiger partial charge < -0.3 is 19.9 Å². The number of alkyl halides is 3. The van der Waals surface area contributed by atoms with Crippen LogP contribution in [-0.2, 0) is 12.7 Å². The zero-order valence-corrected chi connectivity index (χ0v) is 26.5. The molecule has 3 heterocycles. The molecule has 0 bridgehead atoms. The van der Waals surface area contributed by atoms with Crippen LogP contribution in [-0.4, -0.2) is 83.9 Å². The second kappa shape index (κ2) is 13.7. The molecule has 0 spiro atoms. The lowest BCUT2D eigenvalue weighted by molar-refractivity contribution is -0.138. The summed E-state index contributed by atoms with van der Waals surface area (Å²) in [6.07, 6.45) is -1.85. The molecule has 2 saturated heterocycles. The summed E-state index contributed by atoms with van der Waals surface area (Å²) in [5.74, 6) is -0.125. The van der Waals surface area contributed by atoms with Gasteiger partial charge in [-0.1, -0.05) is 30.3 Å². The van der Waals surface area contributed by atoms with E-state index >= 15 is 0 Å². The first-order valence-corrected chi connectivity index (χ1v) is 15.9. The quantitative estimate of drug-likeness (QED) is 0.256. The summed E-state index contributed by atoms with van der Waals surface area (Å²) < 4.78 is 48.5. The SMILES string of the molecule is Cc1ccc(NC(=O)c2ccc(CN3CCN(C)CC3)c(C(F)(F)F)c2)cc1OC1CCN(C(=O)c2cnc3ccccc3c2)CC1. The first-order chi connectivity index (χ1) is 22.5. The number of aromatic nitrogens is 1. The van der Waals surface area contributed by atoms with Crippen molar-refractivity contribution in [1.29, 1.82) is 0 Å². The van der Waals surface area contributed by atoms with E-state index in [9.17, 15) is 22.8 Å². The maximum atomic E-state index is 14.1. The number of hydrogen-bond acceptors (Lipinski definition) is 6. The third-order valence-corrected chi connectivity index (χ3v) is 8.97. The monoisotopic (exact) mass is 645 g/mol. The number of benzene rings is 3. The summed E-state index contributed by atoms with van der Waals surface area (Å²) in [4.78, 5) is 36.7. The second-order valence-electron chi connectivity index (χ2n) is 12.4. The molecule has 246 valence electrons. The third kappa shape index (κ3) is 7.74. The third-order valence-electron chi connectivity index (χ3n) is 8.97. The van der Waals surface area contributed by atoms with Gasteiger partial charge in [-0.2, -0.15) is 13.2 Å². The Kier molecular flexibility index (Phi) is 9.47. The van der Waals surface area contributed by atoms with E-state index in [1.807, 2.05) is 49.2 Å². The van der Waals surface area contributed by atoms with Gasteiger partial charge >= 0.3 is 6.18 Å². The maximum Gasteiger partial charge on any atom is 0.416 e. The van der Waals surface area contributed by atoms with Gasteiger partial charge in [-0.25, -0.2) is 0 Å². The number of carbonyl (C=O) groups is 2. The molecule has 4 aromatic rings. The summed E-state index contributed by atoms with van der Waals surface area (Å²) in [6.45, 7) is 6.09. The van der Waals surface area contributed by atoms with Crippen molar-refractivity contribution in [2.24, 2.45) is 0 Å². The average molecular weight is 646 g/mol. The molecule has 47 heavy (non-hydrogen) atoms. The fraction of sp³-hybridized carbons (Fsp3) is 0.361. The summed E-state index contributed by atoms with van der Waals surface area (Å²) in [7, 11) is 1.99. The average Bonchev–Trinajstić information content (AvgIpc) is 3.06. The summed E-state index contributed by atoms with van der Waals surface area (Å²) >= 11 is 0. The van der Waals surface area contributed by atoms with Gasteiger partial charge in [0.25, 0.3) is 11.8 Å². The van der Waals surface area contributed by atoms with Crippen LogP contribution < -0.4 is 10.1 Å². The molecule has 0 aliphatic carbocycles. The van der Waals surface area contributed by atoms with Crippen LogP contribution in [0.3, 0.4) is 0 Å². The number of para-hydroxylation sites is 1. The highest BCUT2D eigenvalue weighted by atomic mass is 19.4. The number of amides is 2. The zero-order chi connectivity index (χ0) is 33.1. The van der Waals surface area contributed by atoms with Crippen molar-refractivity contribution in [1.82, 2.24) is 19.7 Å². The van der Waals surface area contributed by atoms with Crippen LogP contribution >= 0.6 is 0 Å². The number of aryl methyl sites for hydroxylation is 1. The number of halogens is 3. The molecule has 1 N–H and O–H groups in total. The largest absolute Gasteiger partial charge is 0.490 e. The molecule has 0 radical (unpaired) electrons. The molecular weight excluding hydrogens is 607 g/mol. The second-order valence-corrected chi connectivity index (χ2v) is 12.4. The van der Waals surface area contributed by atoms with E-state index < -0.39 is 17.6 Å². The normalized spacial score (nSPS) is 16.7. The summed E-state index contributed by atoms with van der Waals surface area (Å²) in [6, 6.07) is 18.5. The highest BCUT2D eigenvalue weighted by Crippen LogP contribution is 2.34. The number of pyridine rings is 1. The fourth-order valence-corrected chi connectivity index (χ4v) is 6.10. The Balaban J connectivity index is 1.08. The first kappa shape index (κ1) is 32.5. The minimum Gasteiger partial charge on any atom is -0.490 e. The van der Waals surface area contributed by atoms with Crippen molar-refractivity contribution in [2.75, 3.05) is 51.6 Å². The van der Waals surface area contributed by atoms with E-state index in [0.29, 0.717) is 56.0 Å². The molecule has 3 aromatic carbocycles. The smallest absolute Gasteiger partial charge is 0.416 e. The number of nitrogens with one attached hydrogen (secondary N) is 1. The Labute approximate surface area is 272 Å². The lowest BCUT2D eigenvalue weighted by atomic mass is 10.0. The topological polar surface area (TPSA) is 78.0 Å². The van der Waals surface area contributed by atoms with Crippen LogP contribution in [0.15, 0.2) is 72.9 Å². The molecule has 2 aliphatic rings. The van der Waals surface area contributed by atoms with Gasteiger partial charge in [0.2, 0.25) is 0 Å². The summed E-state index contributed by atoms with van der Waals surface area (Å²) in [5, 5.41) is 3.65. The van der Waals surface area contributed by atoms with E-state index in [1.165, 1.54) is 12.1 Å². The van der Waals surface area contributed by atoms with Gasteiger partial charge in [0.05, 0.1) is 16.6 Å². The van der Waals surface area contributed by atoms with E-state index in [2.05, 4.69) is 15.2 Å². The van der Waals surface area contributed by atoms with E-state index in [4.69, 9.17) is 4.74 Å². The van der Waals surface area contributed by atoms with Crippen molar-refractivity contribution >= 4 is 28.4 Å². The van der Waals surface area contributed by atoms with E-state index in [0.717, 1.165) is 35.6 Å². The van der Waals surface area contributed by atoms with Gasteiger partial charge in [0.1, 0.15) is 11.9 Å². The van der Waals surface area contributed by atoms with Crippen molar-refractivity contribution in [3.63, 3.8) is 0 Å². The standard InChI is InChI=1S/C36H38F3N5O3/c1-24-7-10-29(41-34(45)26-8-9-27(31(20-26)36(37,38)39)23-43-17-15-42(2)16-18-43)21-33(24)47-30-11-13-44(14-12-30)35(46)28-19-25-5-3-4-6-32(25)40-22-28/h3-10,19-22,30H,11-18,23H2,1-2H3,(H,41,45). The number of likely N-dealkylation sites (N-methyl/N-ethyl adjacent to an activating group) is 1. The molecule has 6 rings (SSSR count).